The highest BCUT2D eigenvalue weighted by atomic mass is 35.5. The van der Waals surface area contributed by atoms with Gasteiger partial charge in [-0.15, -0.1) is 0 Å². The lowest BCUT2D eigenvalue weighted by Crippen LogP contribution is -2.40. The first-order chi connectivity index (χ1) is 6.43. The van der Waals surface area contributed by atoms with Gasteiger partial charge in [0.25, 0.3) is 5.91 Å². The molecule has 1 aromatic rings. The number of aromatic hydroxyl groups is 1. The van der Waals surface area contributed by atoms with Crippen LogP contribution in [0.15, 0.2) is 12.1 Å². The van der Waals surface area contributed by atoms with Crippen LogP contribution in [0.4, 0.5) is 5.69 Å². The van der Waals surface area contributed by atoms with E-state index in [0.29, 0.717) is 10.7 Å². The minimum absolute atomic E-state index is 0.117. The lowest BCUT2D eigenvalue weighted by molar-refractivity contribution is -0.256. The Morgan fingerprint density at radius 1 is 1.50 bits per heavy atom. The number of benzene rings is 1. The molecule has 4 N–H and O–H groups in total. The van der Waals surface area contributed by atoms with Gasteiger partial charge < -0.3 is 15.7 Å². The summed E-state index contributed by atoms with van der Waals surface area (Å²) in [6, 6.07) is 2.93. The third kappa shape index (κ3) is 1.97. The number of phenolic OH excluding ortho intramolecular Hbond substituents is 1. The highest BCUT2D eigenvalue weighted by Crippen LogP contribution is 2.28. The van der Waals surface area contributed by atoms with Crippen LogP contribution in [0.5, 0.6) is 5.75 Å². The number of amides is 1. The van der Waals surface area contributed by atoms with E-state index >= 15 is 0 Å². The van der Waals surface area contributed by atoms with Crippen LogP contribution in [0.1, 0.15) is 10.4 Å². The predicted octanol–water partition coefficient (Wildman–Crippen LogP) is 0.621. The Morgan fingerprint density at radius 3 is 2.57 bits per heavy atom. The van der Waals surface area contributed by atoms with E-state index in [1.807, 2.05) is 0 Å². The summed E-state index contributed by atoms with van der Waals surface area (Å²) in [7, 11) is 3.21. The molecular formula is C9H12ClN2O2+. The Balaban J connectivity index is 3.27. The zero-order valence-corrected chi connectivity index (χ0v) is 8.80. The summed E-state index contributed by atoms with van der Waals surface area (Å²) in [6.07, 6.45) is 0. The molecule has 76 valence electrons. The standard InChI is InChI=1S/C9H11ClN2O2/c1-12(2)9(14)6-3-5(10)4-7(11)8(6)13/h3-4,13H,11H2,1-2H3/p+1. The summed E-state index contributed by atoms with van der Waals surface area (Å²) in [5.41, 5.74) is 4.10. The number of phenols is 1. The summed E-state index contributed by atoms with van der Waals surface area (Å²) < 4.78 is 0. The van der Waals surface area contributed by atoms with Crippen molar-refractivity contribution in [1.82, 2.24) is 4.90 Å². The van der Waals surface area contributed by atoms with Gasteiger partial charge in [-0.2, -0.15) is 0 Å². The fourth-order valence-corrected chi connectivity index (χ4v) is 1.30. The van der Waals surface area contributed by atoms with Crippen molar-refractivity contribution in [2.75, 3.05) is 14.1 Å². The lowest BCUT2D eigenvalue weighted by atomic mass is 10.1. The molecule has 0 aliphatic rings. The van der Waals surface area contributed by atoms with Gasteiger partial charge in [0.1, 0.15) is 0 Å². The summed E-state index contributed by atoms with van der Waals surface area (Å²) >= 11 is 5.75. The molecule has 0 bridgehead atoms. The lowest BCUT2D eigenvalue weighted by Gasteiger charge is -2.11. The minimum atomic E-state index is -0.296. The van der Waals surface area contributed by atoms with E-state index in [2.05, 4.69) is 5.73 Å². The third-order valence-corrected chi connectivity index (χ3v) is 2.01. The van der Waals surface area contributed by atoms with Crippen LogP contribution < -0.4 is 5.73 Å². The minimum Gasteiger partial charge on any atom is -0.502 e. The summed E-state index contributed by atoms with van der Waals surface area (Å²) in [5.74, 6) is -0.414. The van der Waals surface area contributed by atoms with Gasteiger partial charge >= 0.3 is 0 Å². The predicted molar refractivity (Wildman–Crippen MR) is 53.7 cm³/mol. The van der Waals surface area contributed by atoms with Crippen molar-refractivity contribution in [1.29, 1.82) is 0 Å². The molecule has 0 aliphatic heterocycles. The van der Waals surface area contributed by atoms with Gasteiger partial charge in [-0.05, 0) is 6.07 Å². The second kappa shape index (κ2) is 3.86. The summed E-state index contributed by atoms with van der Waals surface area (Å²) in [6.45, 7) is 0. The molecule has 0 aromatic heterocycles. The average molecular weight is 216 g/mol. The molecule has 1 aromatic carbocycles. The van der Waals surface area contributed by atoms with E-state index in [1.165, 1.54) is 17.0 Å². The van der Waals surface area contributed by atoms with Gasteiger partial charge in [-0.3, -0.25) is 4.79 Å². The fourth-order valence-electron chi connectivity index (χ4n) is 1.06. The number of carbonyl (C=O) groups is 1. The number of carbonyl (C=O) groups excluding carboxylic acids is 1. The number of nitrogens with zero attached hydrogens (tertiary/aromatic N) is 1. The van der Waals surface area contributed by atoms with Crippen molar-refractivity contribution in [3.63, 3.8) is 0 Å². The fraction of sp³-hybridized carbons (Fsp3) is 0.222. The molecule has 14 heavy (non-hydrogen) atoms. The van der Waals surface area contributed by atoms with Gasteiger partial charge in [0.05, 0.1) is 5.56 Å². The molecular weight excluding hydrogens is 204 g/mol. The largest absolute Gasteiger partial charge is 0.502 e. The normalized spacial score (nSPS) is 10.0. The molecule has 4 nitrogen and oxygen atoms in total. The van der Waals surface area contributed by atoms with Gasteiger partial charge in [-0.25, -0.2) is 0 Å². The quantitative estimate of drug-likeness (QED) is 0.721. The van der Waals surface area contributed by atoms with E-state index in [4.69, 9.17) is 11.6 Å². The van der Waals surface area contributed by atoms with Crippen LogP contribution in [0.3, 0.4) is 0 Å². The molecule has 0 heterocycles. The molecule has 0 saturated heterocycles. The van der Waals surface area contributed by atoms with Crippen LogP contribution in [0, 0.1) is 0 Å². The zero-order valence-electron chi connectivity index (χ0n) is 8.04. The van der Waals surface area contributed by atoms with E-state index in [-0.39, 0.29) is 17.2 Å². The Hall–Kier alpha value is -1.26. The maximum absolute atomic E-state index is 11.5. The van der Waals surface area contributed by atoms with Crippen molar-refractivity contribution in [3.05, 3.63) is 22.7 Å². The highest BCUT2D eigenvalue weighted by Gasteiger charge is 2.17. The van der Waals surface area contributed by atoms with Crippen LogP contribution in [0.2, 0.25) is 5.02 Å². The first-order valence-corrected chi connectivity index (χ1v) is 4.37. The summed E-state index contributed by atoms with van der Waals surface area (Å²) in [4.78, 5) is 12.9. The van der Waals surface area contributed by atoms with E-state index < -0.39 is 0 Å². The number of halogens is 1. The van der Waals surface area contributed by atoms with Gasteiger partial charge in [0.15, 0.2) is 11.4 Å². The number of quaternary nitrogens is 1. The maximum Gasteiger partial charge on any atom is 0.257 e. The molecule has 0 spiro atoms. The van der Waals surface area contributed by atoms with Crippen molar-refractivity contribution in [2.24, 2.45) is 0 Å². The molecule has 0 saturated carbocycles. The maximum atomic E-state index is 11.5. The molecule has 1 rings (SSSR count). The van der Waals surface area contributed by atoms with Crippen LogP contribution >= 0.6 is 11.6 Å². The van der Waals surface area contributed by atoms with Crippen LogP contribution in [-0.4, -0.2) is 30.0 Å². The molecule has 1 amide bonds. The van der Waals surface area contributed by atoms with Crippen molar-refractivity contribution < 1.29 is 15.6 Å². The first kappa shape index (κ1) is 10.8. The van der Waals surface area contributed by atoms with Crippen molar-refractivity contribution >= 4 is 23.2 Å². The van der Waals surface area contributed by atoms with Crippen LogP contribution in [-0.2, 0) is 0 Å². The van der Waals surface area contributed by atoms with Gasteiger partial charge in [0.2, 0.25) is 0 Å². The Morgan fingerprint density at radius 2 is 2.07 bits per heavy atom. The first-order valence-electron chi connectivity index (χ1n) is 3.99. The zero-order chi connectivity index (χ0) is 10.9. The van der Waals surface area contributed by atoms with Crippen molar-refractivity contribution in [2.45, 2.75) is 0 Å². The number of rotatable bonds is 1. The SMILES string of the molecule is CN(C)C(=O)c1cc(Cl)cc([NH3+])c1O. The van der Waals surface area contributed by atoms with Gasteiger partial charge in [-0.1, -0.05) is 11.6 Å². The smallest absolute Gasteiger partial charge is 0.257 e. The Labute approximate surface area is 86.9 Å². The highest BCUT2D eigenvalue weighted by molar-refractivity contribution is 6.31. The second-order valence-corrected chi connectivity index (χ2v) is 3.60. The number of hydrogen-bond acceptors (Lipinski definition) is 2. The topological polar surface area (TPSA) is 68.2 Å². The Bertz CT molecular complexity index is 377. The molecule has 0 fully saturated rings. The molecule has 5 heteroatoms. The van der Waals surface area contributed by atoms with E-state index in [0.717, 1.165) is 0 Å². The monoisotopic (exact) mass is 215 g/mol. The van der Waals surface area contributed by atoms with E-state index in [1.54, 1.807) is 14.1 Å². The van der Waals surface area contributed by atoms with Gasteiger partial charge in [0, 0.05) is 25.2 Å². The molecule has 0 atom stereocenters. The second-order valence-electron chi connectivity index (χ2n) is 3.16. The molecule has 0 unspecified atom stereocenters. The van der Waals surface area contributed by atoms with E-state index in [9.17, 15) is 9.90 Å². The third-order valence-electron chi connectivity index (χ3n) is 1.79. The Kier molecular flexibility index (Phi) is 2.98. The van der Waals surface area contributed by atoms with Crippen molar-refractivity contribution in [3.8, 4) is 5.75 Å². The molecule has 0 radical (unpaired) electrons. The number of hydrogen-bond donors (Lipinski definition) is 2. The average Bonchev–Trinajstić information content (AvgIpc) is 2.09. The summed E-state index contributed by atoms with van der Waals surface area (Å²) in [5, 5.41) is 9.96. The van der Waals surface area contributed by atoms with Crippen LogP contribution in [0.25, 0.3) is 0 Å². The molecule has 0 aliphatic carbocycles.